The highest BCUT2D eigenvalue weighted by atomic mass is 32.2. The average Bonchev–Trinajstić information content (AvgIpc) is 2.25. The zero-order valence-electron chi connectivity index (χ0n) is 11.5. The average molecular weight is 302 g/mol. The third-order valence-electron chi connectivity index (χ3n) is 2.71. The lowest BCUT2D eigenvalue weighted by Gasteiger charge is -2.16. The van der Waals surface area contributed by atoms with Gasteiger partial charge in [-0.15, -0.1) is 0 Å². The second-order valence-electron chi connectivity index (χ2n) is 4.79. The van der Waals surface area contributed by atoms with Crippen molar-refractivity contribution in [1.82, 2.24) is 4.72 Å². The van der Waals surface area contributed by atoms with Crippen LogP contribution in [-0.2, 0) is 10.0 Å². The van der Waals surface area contributed by atoms with Gasteiger partial charge in [-0.3, -0.25) is 10.1 Å². The Morgan fingerprint density at radius 3 is 2.50 bits per heavy atom. The van der Waals surface area contributed by atoms with E-state index in [2.05, 4.69) is 4.72 Å². The summed E-state index contributed by atoms with van der Waals surface area (Å²) in [5.41, 5.74) is -0.155. The van der Waals surface area contributed by atoms with Crippen molar-refractivity contribution in [2.45, 2.75) is 44.2 Å². The van der Waals surface area contributed by atoms with E-state index in [9.17, 15) is 23.6 Å². The molecule has 0 spiro atoms. The van der Waals surface area contributed by atoms with Crippen LogP contribution >= 0.6 is 0 Å². The third-order valence-corrected chi connectivity index (χ3v) is 4.49. The first-order valence-corrected chi connectivity index (χ1v) is 7.58. The second kappa shape index (κ2) is 6.29. The largest absolute Gasteiger partial charge is 0.393 e. The molecule has 2 unspecified atom stereocenters. The van der Waals surface area contributed by atoms with Crippen LogP contribution in [0.25, 0.3) is 0 Å². The predicted molar refractivity (Wildman–Crippen MR) is 73.9 cm³/mol. The number of nitro benzene ring substituents is 1. The molecule has 112 valence electrons. The standard InChI is InChI=1S/C12H18N2O5S/c1-8-5-4-6-11(14(16)17)12(8)20(18,19)13-9(2)7-10(3)15/h4-6,9-10,13,15H,7H2,1-3H3. The summed E-state index contributed by atoms with van der Waals surface area (Å²) >= 11 is 0. The monoisotopic (exact) mass is 302 g/mol. The molecule has 0 aliphatic rings. The molecule has 1 aromatic carbocycles. The van der Waals surface area contributed by atoms with Gasteiger partial charge in [-0.1, -0.05) is 12.1 Å². The van der Waals surface area contributed by atoms with E-state index in [0.717, 1.165) is 6.07 Å². The summed E-state index contributed by atoms with van der Waals surface area (Å²) in [6.45, 7) is 4.64. The molecule has 1 rings (SSSR count). The Hall–Kier alpha value is -1.51. The number of aryl methyl sites for hydroxylation is 1. The molecular weight excluding hydrogens is 284 g/mol. The van der Waals surface area contributed by atoms with Crippen LogP contribution in [0, 0.1) is 17.0 Å². The summed E-state index contributed by atoms with van der Waals surface area (Å²) in [6, 6.07) is 3.56. The van der Waals surface area contributed by atoms with Crippen molar-refractivity contribution in [2.75, 3.05) is 0 Å². The van der Waals surface area contributed by atoms with Gasteiger partial charge in [-0.25, -0.2) is 13.1 Å². The van der Waals surface area contributed by atoms with Gasteiger partial charge in [-0.2, -0.15) is 0 Å². The second-order valence-corrected chi connectivity index (χ2v) is 6.44. The van der Waals surface area contributed by atoms with E-state index in [1.807, 2.05) is 0 Å². The van der Waals surface area contributed by atoms with Crippen LogP contribution in [0.3, 0.4) is 0 Å². The number of nitrogens with zero attached hydrogens (tertiary/aromatic N) is 1. The molecule has 0 radical (unpaired) electrons. The molecule has 2 atom stereocenters. The fraction of sp³-hybridized carbons (Fsp3) is 0.500. The van der Waals surface area contributed by atoms with Crippen LogP contribution in [-0.4, -0.2) is 30.6 Å². The first-order chi connectivity index (χ1) is 9.15. The summed E-state index contributed by atoms with van der Waals surface area (Å²) in [5, 5.41) is 20.2. The van der Waals surface area contributed by atoms with E-state index < -0.39 is 32.8 Å². The molecule has 8 heteroatoms. The quantitative estimate of drug-likeness (QED) is 0.608. The van der Waals surface area contributed by atoms with Crippen LogP contribution in [0.2, 0.25) is 0 Å². The Kier molecular flexibility index (Phi) is 5.21. The lowest BCUT2D eigenvalue weighted by Crippen LogP contribution is -2.35. The van der Waals surface area contributed by atoms with Crippen molar-refractivity contribution in [1.29, 1.82) is 0 Å². The van der Waals surface area contributed by atoms with Crippen molar-refractivity contribution in [2.24, 2.45) is 0 Å². The number of rotatable bonds is 6. The number of sulfonamides is 1. The van der Waals surface area contributed by atoms with Gasteiger partial charge >= 0.3 is 0 Å². The molecule has 0 fully saturated rings. The van der Waals surface area contributed by atoms with Crippen LogP contribution in [0.4, 0.5) is 5.69 Å². The molecule has 0 heterocycles. The number of nitro groups is 1. The minimum Gasteiger partial charge on any atom is -0.393 e. The van der Waals surface area contributed by atoms with E-state index in [1.165, 1.54) is 19.1 Å². The Morgan fingerprint density at radius 1 is 1.40 bits per heavy atom. The Balaban J connectivity index is 3.19. The lowest BCUT2D eigenvalue weighted by atomic mass is 10.2. The summed E-state index contributed by atoms with van der Waals surface area (Å²) in [7, 11) is -4.01. The molecule has 2 N–H and O–H groups in total. The molecule has 0 aromatic heterocycles. The fourth-order valence-corrected chi connectivity index (χ4v) is 3.67. The lowest BCUT2D eigenvalue weighted by molar-refractivity contribution is -0.387. The third kappa shape index (κ3) is 3.99. The molecular formula is C12H18N2O5S. The van der Waals surface area contributed by atoms with Crippen molar-refractivity contribution in [3.05, 3.63) is 33.9 Å². The molecule has 0 aliphatic heterocycles. The van der Waals surface area contributed by atoms with E-state index >= 15 is 0 Å². The molecule has 0 aliphatic carbocycles. The first kappa shape index (κ1) is 16.5. The summed E-state index contributed by atoms with van der Waals surface area (Å²) in [6.07, 6.45) is -0.446. The number of aliphatic hydroxyl groups excluding tert-OH is 1. The van der Waals surface area contributed by atoms with Crippen molar-refractivity contribution >= 4 is 15.7 Å². The summed E-state index contributed by atoms with van der Waals surface area (Å²) in [5.74, 6) is 0. The van der Waals surface area contributed by atoms with Gasteiger partial charge in [0.2, 0.25) is 10.0 Å². The number of hydrogen-bond donors (Lipinski definition) is 2. The zero-order valence-corrected chi connectivity index (χ0v) is 12.3. The van der Waals surface area contributed by atoms with Crippen LogP contribution in [0.5, 0.6) is 0 Å². The van der Waals surface area contributed by atoms with Gasteiger partial charge < -0.3 is 5.11 Å². The van der Waals surface area contributed by atoms with Gasteiger partial charge in [-0.05, 0) is 32.8 Å². The molecule has 0 amide bonds. The minimum atomic E-state index is -4.01. The van der Waals surface area contributed by atoms with Crippen molar-refractivity contribution in [3.8, 4) is 0 Å². The number of nitrogens with one attached hydrogen (secondary N) is 1. The number of hydrogen-bond acceptors (Lipinski definition) is 5. The van der Waals surface area contributed by atoms with E-state index in [1.54, 1.807) is 13.8 Å². The molecule has 0 saturated heterocycles. The molecule has 7 nitrogen and oxygen atoms in total. The highest BCUT2D eigenvalue weighted by molar-refractivity contribution is 7.89. The first-order valence-electron chi connectivity index (χ1n) is 6.09. The van der Waals surface area contributed by atoms with Gasteiger partial charge in [0.15, 0.2) is 4.90 Å². The van der Waals surface area contributed by atoms with Gasteiger partial charge in [0.05, 0.1) is 11.0 Å². The highest BCUT2D eigenvalue weighted by Gasteiger charge is 2.29. The van der Waals surface area contributed by atoms with Crippen LogP contribution in [0.1, 0.15) is 25.8 Å². The Bertz CT molecular complexity index is 598. The number of benzene rings is 1. The van der Waals surface area contributed by atoms with Crippen LogP contribution < -0.4 is 4.72 Å². The molecule has 0 bridgehead atoms. The van der Waals surface area contributed by atoms with E-state index in [4.69, 9.17) is 0 Å². The zero-order chi connectivity index (χ0) is 15.5. The predicted octanol–water partition coefficient (Wildman–Crippen LogP) is 1.34. The van der Waals surface area contributed by atoms with E-state index in [0.29, 0.717) is 5.56 Å². The smallest absolute Gasteiger partial charge is 0.289 e. The highest BCUT2D eigenvalue weighted by Crippen LogP contribution is 2.27. The molecule has 20 heavy (non-hydrogen) atoms. The van der Waals surface area contributed by atoms with Crippen molar-refractivity contribution < 1.29 is 18.4 Å². The minimum absolute atomic E-state index is 0.221. The van der Waals surface area contributed by atoms with Crippen LogP contribution in [0.15, 0.2) is 23.1 Å². The van der Waals surface area contributed by atoms with Gasteiger partial charge in [0.1, 0.15) is 0 Å². The normalized spacial score (nSPS) is 14.8. The maximum absolute atomic E-state index is 12.3. The van der Waals surface area contributed by atoms with Gasteiger partial charge in [0.25, 0.3) is 5.69 Å². The molecule has 0 saturated carbocycles. The summed E-state index contributed by atoms with van der Waals surface area (Å²) in [4.78, 5) is 9.91. The number of aliphatic hydroxyl groups is 1. The molecule has 1 aromatic rings. The Labute approximate surface area is 117 Å². The van der Waals surface area contributed by atoms with Gasteiger partial charge in [0, 0.05) is 12.1 Å². The maximum Gasteiger partial charge on any atom is 0.289 e. The van der Waals surface area contributed by atoms with E-state index in [-0.39, 0.29) is 11.3 Å². The fourth-order valence-electron chi connectivity index (χ4n) is 2.01. The topological polar surface area (TPSA) is 110 Å². The Morgan fingerprint density at radius 2 is 2.00 bits per heavy atom. The van der Waals surface area contributed by atoms with Crippen molar-refractivity contribution in [3.63, 3.8) is 0 Å². The maximum atomic E-state index is 12.3. The SMILES string of the molecule is Cc1cccc([N+](=O)[O-])c1S(=O)(=O)NC(C)CC(C)O. The summed E-state index contributed by atoms with van der Waals surface area (Å²) < 4.78 is 26.9.